The highest BCUT2D eigenvalue weighted by atomic mass is 16.5. The summed E-state index contributed by atoms with van der Waals surface area (Å²) in [6, 6.07) is 6.40. The van der Waals surface area contributed by atoms with E-state index >= 15 is 0 Å². The van der Waals surface area contributed by atoms with Crippen LogP contribution in [-0.4, -0.2) is 23.4 Å². The average molecular weight is 200 g/mol. The predicted molar refractivity (Wildman–Crippen MR) is 59.5 cm³/mol. The summed E-state index contributed by atoms with van der Waals surface area (Å²) in [7, 11) is 0. The maximum Gasteiger partial charge on any atom is 0.0656 e. The largest absolute Gasteiger partial charge is 0.377 e. The summed E-state index contributed by atoms with van der Waals surface area (Å²) in [5.41, 5.74) is 3.74. The Morgan fingerprint density at radius 3 is 3.20 bits per heavy atom. The molecule has 76 valence electrons. The van der Waals surface area contributed by atoms with Crippen LogP contribution in [0.25, 0.3) is 16.5 Å². The van der Waals surface area contributed by atoms with Crippen molar-refractivity contribution in [2.45, 2.75) is 6.42 Å². The molecule has 1 N–H and O–H groups in total. The molecule has 0 aliphatic carbocycles. The number of nitrogens with zero attached hydrogens (tertiary/aromatic N) is 1. The van der Waals surface area contributed by atoms with Crippen molar-refractivity contribution >= 4 is 16.5 Å². The van der Waals surface area contributed by atoms with Crippen LogP contribution in [0.3, 0.4) is 0 Å². The van der Waals surface area contributed by atoms with Crippen molar-refractivity contribution in [3.05, 3.63) is 36.0 Å². The molecule has 1 aromatic heterocycles. The lowest BCUT2D eigenvalue weighted by Gasteiger charge is -2.13. The van der Waals surface area contributed by atoms with Crippen LogP contribution in [0.1, 0.15) is 12.0 Å². The smallest absolute Gasteiger partial charge is 0.0656 e. The first-order chi connectivity index (χ1) is 7.43. The average Bonchev–Trinajstić information content (AvgIpc) is 2.77. The van der Waals surface area contributed by atoms with Crippen molar-refractivity contribution in [1.29, 1.82) is 0 Å². The van der Waals surface area contributed by atoms with E-state index in [-0.39, 0.29) is 0 Å². The van der Waals surface area contributed by atoms with Crippen molar-refractivity contribution in [3.63, 3.8) is 0 Å². The number of hydrogen-bond acceptors (Lipinski definition) is 2. The minimum absolute atomic E-state index is 0.732. The van der Waals surface area contributed by atoms with E-state index < -0.39 is 0 Å². The Morgan fingerprint density at radius 2 is 2.33 bits per heavy atom. The molecule has 0 radical (unpaired) electrons. The van der Waals surface area contributed by atoms with Gasteiger partial charge in [0.25, 0.3) is 0 Å². The van der Waals surface area contributed by atoms with Gasteiger partial charge in [0.2, 0.25) is 0 Å². The summed E-state index contributed by atoms with van der Waals surface area (Å²) in [6.07, 6.45) is 5.00. The normalized spacial score (nSPS) is 16.7. The number of nitrogens with one attached hydrogen (secondary N) is 1. The van der Waals surface area contributed by atoms with E-state index in [1.54, 1.807) is 0 Å². The predicted octanol–water partition coefficient (Wildman–Crippen LogP) is 2.37. The number of H-pyrrole nitrogens is 1. The first kappa shape index (κ1) is 8.68. The van der Waals surface area contributed by atoms with Gasteiger partial charge in [-0.05, 0) is 23.6 Å². The fourth-order valence-electron chi connectivity index (χ4n) is 1.93. The van der Waals surface area contributed by atoms with Gasteiger partial charge >= 0.3 is 0 Å². The minimum atomic E-state index is 0.732. The quantitative estimate of drug-likeness (QED) is 0.767. The molecule has 15 heavy (non-hydrogen) atoms. The van der Waals surface area contributed by atoms with Crippen molar-refractivity contribution in [2.24, 2.45) is 0 Å². The van der Waals surface area contributed by atoms with Gasteiger partial charge in [-0.3, -0.25) is 5.10 Å². The third kappa shape index (κ3) is 1.55. The molecular weight excluding hydrogens is 188 g/mol. The standard InChI is InChI=1S/C12H12N2O/c1-2-11-8-13-14-12(11)7-10(1)9-3-5-15-6-4-9/h1-3,7-8H,4-6H2,(H,13,14). The SMILES string of the molecule is C1=C(c2ccc3cn[nH]c3c2)CCOC1. The lowest BCUT2D eigenvalue weighted by molar-refractivity contribution is 0.161. The third-order valence-electron chi connectivity index (χ3n) is 2.78. The second-order valence-electron chi connectivity index (χ2n) is 3.73. The molecule has 3 nitrogen and oxygen atoms in total. The molecule has 0 bridgehead atoms. The second-order valence-corrected chi connectivity index (χ2v) is 3.73. The zero-order chi connectivity index (χ0) is 10.1. The number of aromatic nitrogens is 2. The molecule has 0 fully saturated rings. The van der Waals surface area contributed by atoms with E-state index in [0.717, 1.165) is 30.5 Å². The van der Waals surface area contributed by atoms with E-state index in [9.17, 15) is 0 Å². The molecule has 3 heteroatoms. The van der Waals surface area contributed by atoms with E-state index in [2.05, 4.69) is 34.5 Å². The zero-order valence-corrected chi connectivity index (χ0v) is 8.36. The highest BCUT2D eigenvalue weighted by Gasteiger charge is 2.07. The molecule has 2 aromatic rings. The van der Waals surface area contributed by atoms with Crippen LogP contribution >= 0.6 is 0 Å². The number of ether oxygens (including phenoxy) is 1. The number of benzene rings is 1. The Kier molecular flexibility index (Phi) is 2.03. The second kappa shape index (κ2) is 3.51. The summed E-state index contributed by atoms with van der Waals surface area (Å²) >= 11 is 0. The van der Waals surface area contributed by atoms with E-state index in [1.165, 1.54) is 11.1 Å². The Morgan fingerprint density at radius 1 is 1.33 bits per heavy atom. The summed E-state index contributed by atoms with van der Waals surface area (Å²) in [5.74, 6) is 0. The van der Waals surface area contributed by atoms with Gasteiger partial charge in [-0.2, -0.15) is 5.10 Å². The van der Waals surface area contributed by atoms with Crippen LogP contribution in [0.2, 0.25) is 0 Å². The van der Waals surface area contributed by atoms with E-state index in [1.807, 2.05) is 6.20 Å². The fraction of sp³-hybridized carbons (Fsp3) is 0.250. The zero-order valence-electron chi connectivity index (χ0n) is 8.36. The Hall–Kier alpha value is -1.61. The Balaban J connectivity index is 2.06. The summed E-state index contributed by atoms with van der Waals surface area (Å²) < 4.78 is 5.30. The van der Waals surface area contributed by atoms with Gasteiger partial charge in [0, 0.05) is 5.39 Å². The Labute approximate surface area is 87.8 Å². The molecule has 0 amide bonds. The lowest BCUT2D eigenvalue weighted by Crippen LogP contribution is -2.03. The molecule has 0 spiro atoms. The van der Waals surface area contributed by atoms with Gasteiger partial charge in [0.05, 0.1) is 24.9 Å². The maximum absolute atomic E-state index is 5.30. The van der Waals surface area contributed by atoms with Gasteiger partial charge in [0.1, 0.15) is 0 Å². The van der Waals surface area contributed by atoms with Gasteiger partial charge in [-0.15, -0.1) is 0 Å². The monoisotopic (exact) mass is 200 g/mol. The molecule has 0 saturated heterocycles. The van der Waals surface area contributed by atoms with Gasteiger partial charge in [-0.25, -0.2) is 0 Å². The van der Waals surface area contributed by atoms with Crippen LogP contribution in [0.4, 0.5) is 0 Å². The first-order valence-electron chi connectivity index (χ1n) is 5.14. The van der Waals surface area contributed by atoms with Gasteiger partial charge < -0.3 is 4.74 Å². The van der Waals surface area contributed by atoms with Crippen LogP contribution in [0.15, 0.2) is 30.5 Å². The number of fused-ring (bicyclic) bond motifs is 1. The van der Waals surface area contributed by atoms with Crippen molar-refractivity contribution in [2.75, 3.05) is 13.2 Å². The number of rotatable bonds is 1. The van der Waals surface area contributed by atoms with E-state index in [4.69, 9.17) is 4.74 Å². The molecule has 1 aliphatic heterocycles. The highest BCUT2D eigenvalue weighted by Crippen LogP contribution is 2.23. The number of hydrogen-bond donors (Lipinski definition) is 1. The molecule has 1 aliphatic rings. The lowest BCUT2D eigenvalue weighted by atomic mass is 10.0. The summed E-state index contributed by atoms with van der Waals surface area (Å²) in [4.78, 5) is 0. The topological polar surface area (TPSA) is 37.9 Å². The molecule has 3 rings (SSSR count). The van der Waals surface area contributed by atoms with Crippen molar-refractivity contribution < 1.29 is 4.74 Å². The molecule has 0 saturated carbocycles. The number of aromatic amines is 1. The van der Waals surface area contributed by atoms with Crippen LogP contribution in [0.5, 0.6) is 0 Å². The summed E-state index contributed by atoms with van der Waals surface area (Å²) in [6.45, 7) is 1.56. The molecule has 1 aromatic carbocycles. The highest BCUT2D eigenvalue weighted by molar-refractivity contribution is 5.82. The molecular formula is C12H12N2O. The molecule has 2 heterocycles. The van der Waals surface area contributed by atoms with Gasteiger partial charge in [-0.1, -0.05) is 18.2 Å². The van der Waals surface area contributed by atoms with Gasteiger partial charge in [0.15, 0.2) is 0 Å². The maximum atomic E-state index is 5.30. The summed E-state index contributed by atoms with van der Waals surface area (Å²) in [5, 5.41) is 8.17. The van der Waals surface area contributed by atoms with Crippen LogP contribution in [-0.2, 0) is 4.74 Å². The fourth-order valence-corrected chi connectivity index (χ4v) is 1.93. The first-order valence-corrected chi connectivity index (χ1v) is 5.14. The molecule has 0 atom stereocenters. The Bertz CT molecular complexity index is 513. The van der Waals surface area contributed by atoms with Crippen molar-refractivity contribution in [3.8, 4) is 0 Å². The van der Waals surface area contributed by atoms with E-state index in [0.29, 0.717) is 0 Å². The molecule has 0 unspecified atom stereocenters. The van der Waals surface area contributed by atoms with Crippen LogP contribution < -0.4 is 0 Å². The van der Waals surface area contributed by atoms with Crippen molar-refractivity contribution in [1.82, 2.24) is 10.2 Å². The third-order valence-corrected chi connectivity index (χ3v) is 2.78. The minimum Gasteiger partial charge on any atom is -0.377 e. The van der Waals surface area contributed by atoms with Crippen LogP contribution in [0, 0.1) is 0 Å².